The summed E-state index contributed by atoms with van der Waals surface area (Å²) in [4.78, 5) is 12.2. The molecule has 1 heterocycles. The molecule has 0 radical (unpaired) electrons. The Labute approximate surface area is 115 Å². The average molecular weight is 257 g/mol. The molecule has 0 saturated heterocycles. The smallest absolute Gasteiger partial charge is 0.133 e. The van der Waals surface area contributed by atoms with Crippen LogP contribution in [-0.4, -0.2) is 12.3 Å². The first kappa shape index (κ1) is 12.7. The first-order chi connectivity index (χ1) is 9.33. The van der Waals surface area contributed by atoms with E-state index in [0.29, 0.717) is 17.6 Å². The van der Waals surface area contributed by atoms with Gasteiger partial charge in [-0.05, 0) is 17.5 Å². The van der Waals surface area contributed by atoms with E-state index in [0.717, 1.165) is 19.4 Å². The summed E-state index contributed by atoms with van der Waals surface area (Å²) in [6.45, 7) is 0.926. The van der Waals surface area contributed by atoms with Crippen molar-refractivity contribution < 1.29 is 4.79 Å². The standard InChI is InChI=1S/C17H23NO/c19-15(10-13-6-2-1-3-7-13)11-14-12-18-17-9-5-4-8-16(14)17/h4-5,8-9,13-14,18H,1-3,6-7,10-12H2. The minimum absolute atomic E-state index is 0.396. The average Bonchev–Trinajstić information content (AvgIpc) is 2.83. The monoisotopic (exact) mass is 257 g/mol. The number of anilines is 1. The first-order valence-electron chi connectivity index (χ1n) is 7.67. The van der Waals surface area contributed by atoms with Gasteiger partial charge < -0.3 is 5.32 Å². The Hall–Kier alpha value is -1.31. The molecule has 1 N–H and O–H groups in total. The van der Waals surface area contributed by atoms with E-state index in [9.17, 15) is 4.79 Å². The van der Waals surface area contributed by atoms with Crippen LogP contribution < -0.4 is 5.32 Å². The number of Topliss-reactive ketones (excluding diaryl/α,β-unsaturated/α-hetero) is 1. The van der Waals surface area contributed by atoms with Crippen LogP contribution >= 0.6 is 0 Å². The number of carbonyl (C=O) groups is 1. The summed E-state index contributed by atoms with van der Waals surface area (Å²) in [7, 11) is 0. The fraction of sp³-hybridized carbons (Fsp3) is 0.588. The third-order valence-corrected chi connectivity index (χ3v) is 4.65. The summed E-state index contributed by atoms with van der Waals surface area (Å²) < 4.78 is 0. The minimum atomic E-state index is 0.396. The normalized spacial score (nSPS) is 22.8. The number of hydrogen-bond acceptors (Lipinski definition) is 2. The van der Waals surface area contributed by atoms with Gasteiger partial charge in [0.05, 0.1) is 0 Å². The number of para-hydroxylation sites is 1. The zero-order valence-corrected chi connectivity index (χ0v) is 11.5. The van der Waals surface area contributed by atoms with Crippen LogP contribution in [0.4, 0.5) is 5.69 Å². The molecule has 1 unspecified atom stereocenters. The molecule has 1 aromatic carbocycles. The molecule has 19 heavy (non-hydrogen) atoms. The van der Waals surface area contributed by atoms with Crippen molar-refractivity contribution in [3.05, 3.63) is 29.8 Å². The Morgan fingerprint density at radius 3 is 2.74 bits per heavy atom. The van der Waals surface area contributed by atoms with Gasteiger partial charge in [0.2, 0.25) is 0 Å². The maximum absolute atomic E-state index is 12.2. The molecule has 1 fully saturated rings. The number of ketones is 1. The summed E-state index contributed by atoms with van der Waals surface area (Å²) in [5, 5.41) is 3.41. The van der Waals surface area contributed by atoms with E-state index >= 15 is 0 Å². The van der Waals surface area contributed by atoms with Crippen molar-refractivity contribution in [2.24, 2.45) is 5.92 Å². The summed E-state index contributed by atoms with van der Waals surface area (Å²) in [5.74, 6) is 1.54. The molecule has 2 nitrogen and oxygen atoms in total. The number of hydrogen-bond donors (Lipinski definition) is 1. The maximum atomic E-state index is 12.2. The van der Waals surface area contributed by atoms with E-state index in [1.165, 1.54) is 43.4 Å². The molecule has 1 saturated carbocycles. The van der Waals surface area contributed by atoms with Gasteiger partial charge in [0.25, 0.3) is 0 Å². The Kier molecular flexibility index (Phi) is 3.86. The van der Waals surface area contributed by atoms with Crippen molar-refractivity contribution in [3.63, 3.8) is 0 Å². The second-order valence-corrected chi connectivity index (χ2v) is 6.12. The van der Waals surface area contributed by atoms with Crippen LogP contribution in [0.2, 0.25) is 0 Å². The zero-order valence-electron chi connectivity index (χ0n) is 11.5. The van der Waals surface area contributed by atoms with Gasteiger partial charge in [0.15, 0.2) is 0 Å². The van der Waals surface area contributed by atoms with E-state index in [2.05, 4.69) is 29.6 Å². The predicted molar refractivity (Wildman–Crippen MR) is 78.5 cm³/mol. The van der Waals surface area contributed by atoms with Crippen molar-refractivity contribution in [1.29, 1.82) is 0 Å². The van der Waals surface area contributed by atoms with Crippen molar-refractivity contribution in [2.45, 2.75) is 50.9 Å². The summed E-state index contributed by atoms with van der Waals surface area (Å²) in [5.41, 5.74) is 2.55. The highest BCUT2D eigenvalue weighted by Crippen LogP contribution is 2.34. The Morgan fingerprint density at radius 2 is 1.89 bits per heavy atom. The predicted octanol–water partition coefficient (Wildman–Crippen LogP) is 4.13. The van der Waals surface area contributed by atoms with Crippen LogP contribution in [-0.2, 0) is 4.79 Å². The van der Waals surface area contributed by atoms with Crippen molar-refractivity contribution in [2.75, 3.05) is 11.9 Å². The van der Waals surface area contributed by atoms with Gasteiger partial charge in [0, 0.05) is 31.0 Å². The Morgan fingerprint density at radius 1 is 1.11 bits per heavy atom. The minimum Gasteiger partial charge on any atom is -0.384 e. The third-order valence-electron chi connectivity index (χ3n) is 4.65. The number of rotatable bonds is 4. The van der Waals surface area contributed by atoms with E-state index < -0.39 is 0 Å². The van der Waals surface area contributed by atoms with Crippen molar-refractivity contribution >= 4 is 11.5 Å². The molecule has 0 amide bonds. The van der Waals surface area contributed by atoms with Gasteiger partial charge in [-0.15, -0.1) is 0 Å². The molecule has 1 aliphatic carbocycles. The lowest BCUT2D eigenvalue weighted by Gasteiger charge is -2.21. The van der Waals surface area contributed by atoms with Crippen LogP contribution in [0.3, 0.4) is 0 Å². The Bertz CT molecular complexity index is 448. The number of carbonyl (C=O) groups excluding carboxylic acids is 1. The molecule has 1 aliphatic heterocycles. The van der Waals surface area contributed by atoms with Crippen LogP contribution in [0.5, 0.6) is 0 Å². The summed E-state index contributed by atoms with van der Waals surface area (Å²) in [6, 6.07) is 8.40. The second kappa shape index (κ2) is 5.77. The largest absolute Gasteiger partial charge is 0.384 e. The lowest BCUT2D eigenvalue weighted by molar-refractivity contribution is -0.120. The van der Waals surface area contributed by atoms with Gasteiger partial charge in [-0.25, -0.2) is 0 Å². The molecule has 0 aromatic heterocycles. The van der Waals surface area contributed by atoms with E-state index in [-0.39, 0.29) is 0 Å². The van der Waals surface area contributed by atoms with Crippen LogP contribution in [0.15, 0.2) is 24.3 Å². The highest BCUT2D eigenvalue weighted by Gasteiger charge is 2.25. The van der Waals surface area contributed by atoms with Gasteiger partial charge in [-0.1, -0.05) is 50.3 Å². The molecule has 3 rings (SSSR count). The van der Waals surface area contributed by atoms with E-state index in [1.54, 1.807) is 0 Å². The number of nitrogens with one attached hydrogen (secondary N) is 1. The molecule has 1 atom stereocenters. The molecule has 0 bridgehead atoms. The Balaban J connectivity index is 1.55. The van der Waals surface area contributed by atoms with E-state index in [4.69, 9.17) is 0 Å². The molecule has 1 aromatic rings. The SMILES string of the molecule is O=C(CC1CCCCC1)CC1CNc2ccccc21. The first-order valence-corrected chi connectivity index (χ1v) is 7.67. The molecule has 2 heteroatoms. The molecule has 0 spiro atoms. The highest BCUT2D eigenvalue weighted by molar-refractivity contribution is 5.80. The third kappa shape index (κ3) is 2.99. The highest BCUT2D eigenvalue weighted by atomic mass is 16.1. The summed E-state index contributed by atoms with van der Waals surface area (Å²) >= 11 is 0. The lowest BCUT2D eigenvalue weighted by Crippen LogP contribution is -2.15. The fourth-order valence-corrected chi connectivity index (χ4v) is 3.61. The fourth-order valence-electron chi connectivity index (χ4n) is 3.61. The maximum Gasteiger partial charge on any atom is 0.133 e. The van der Waals surface area contributed by atoms with Crippen molar-refractivity contribution in [3.8, 4) is 0 Å². The van der Waals surface area contributed by atoms with E-state index in [1.807, 2.05) is 0 Å². The van der Waals surface area contributed by atoms with Crippen LogP contribution in [0, 0.1) is 5.92 Å². The second-order valence-electron chi connectivity index (χ2n) is 6.12. The topological polar surface area (TPSA) is 29.1 Å². The van der Waals surface area contributed by atoms with Gasteiger partial charge >= 0.3 is 0 Å². The molecular weight excluding hydrogens is 234 g/mol. The zero-order chi connectivity index (χ0) is 13.1. The number of benzene rings is 1. The quantitative estimate of drug-likeness (QED) is 0.879. The van der Waals surface area contributed by atoms with Crippen LogP contribution in [0.25, 0.3) is 0 Å². The van der Waals surface area contributed by atoms with Crippen LogP contribution in [0.1, 0.15) is 56.4 Å². The lowest BCUT2D eigenvalue weighted by atomic mass is 9.84. The molecule has 2 aliphatic rings. The van der Waals surface area contributed by atoms with Gasteiger partial charge in [0.1, 0.15) is 5.78 Å². The molecule has 102 valence electrons. The van der Waals surface area contributed by atoms with Crippen molar-refractivity contribution in [1.82, 2.24) is 0 Å². The van der Waals surface area contributed by atoms with Gasteiger partial charge in [-0.3, -0.25) is 4.79 Å². The summed E-state index contributed by atoms with van der Waals surface area (Å²) in [6.07, 6.45) is 8.10. The molecular formula is C17H23NO. The van der Waals surface area contributed by atoms with Gasteiger partial charge in [-0.2, -0.15) is 0 Å². The number of fused-ring (bicyclic) bond motifs is 1.